The van der Waals surface area contributed by atoms with Crippen molar-refractivity contribution in [2.75, 3.05) is 26.5 Å². The molecule has 4 rings (SSSR count). The summed E-state index contributed by atoms with van der Waals surface area (Å²) in [5.74, 6) is -0.350. The van der Waals surface area contributed by atoms with Crippen LogP contribution in [0.5, 0.6) is 0 Å². The third kappa shape index (κ3) is 5.26. The summed E-state index contributed by atoms with van der Waals surface area (Å²) in [6, 6.07) is 13.0. The summed E-state index contributed by atoms with van der Waals surface area (Å²) in [5.41, 5.74) is 1.38. The minimum Gasteiger partial charge on any atom is -0.383 e. The number of likely N-dealkylation sites (tertiary alicyclic amines) is 1. The van der Waals surface area contributed by atoms with Crippen LogP contribution in [0.4, 0.5) is 9.18 Å². The normalized spacial score (nSPS) is 22.1. The Labute approximate surface area is 200 Å². The molecule has 3 atom stereocenters. The van der Waals surface area contributed by atoms with E-state index in [0.29, 0.717) is 24.3 Å². The van der Waals surface area contributed by atoms with Crippen molar-refractivity contribution >= 4 is 16.1 Å². The smallest absolute Gasteiger partial charge is 0.318 e. The van der Waals surface area contributed by atoms with Crippen molar-refractivity contribution in [3.05, 3.63) is 59.9 Å². The summed E-state index contributed by atoms with van der Waals surface area (Å²) >= 11 is 0. The van der Waals surface area contributed by atoms with Gasteiger partial charge in [-0.3, -0.25) is 0 Å². The Morgan fingerprint density at radius 2 is 1.91 bits per heavy atom. The molecule has 2 aliphatic rings. The first-order valence-electron chi connectivity index (χ1n) is 11.5. The number of halogens is 1. The zero-order valence-corrected chi connectivity index (χ0v) is 20.6. The van der Waals surface area contributed by atoms with Crippen LogP contribution in [-0.2, 0) is 21.2 Å². The molecule has 1 spiro atoms. The zero-order chi connectivity index (χ0) is 24.5. The van der Waals surface area contributed by atoms with E-state index in [1.54, 1.807) is 30.2 Å². The quantitative estimate of drug-likeness (QED) is 0.596. The van der Waals surface area contributed by atoms with Crippen LogP contribution in [-0.4, -0.2) is 64.0 Å². The Hall–Kier alpha value is -2.49. The Balaban J connectivity index is 1.67. The first-order valence-corrected chi connectivity index (χ1v) is 13.4. The highest BCUT2D eigenvalue weighted by atomic mass is 32.2. The molecule has 1 saturated heterocycles. The first-order chi connectivity index (χ1) is 16.1. The van der Waals surface area contributed by atoms with Crippen LogP contribution in [0, 0.1) is 11.2 Å². The van der Waals surface area contributed by atoms with Crippen LogP contribution in [0.2, 0.25) is 0 Å². The summed E-state index contributed by atoms with van der Waals surface area (Å²) in [6.45, 7) is 2.62. The highest BCUT2D eigenvalue weighted by molar-refractivity contribution is 7.88. The Bertz CT molecular complexity index is 1140. The van der Waals surface area contributed by atoms with Gasteiger partial charge in [-0.15, -0.1) is 0 Å². The Morgan fingerprint density at radius 1 is 1.21 bits per heavy atom. The monoisotopic (exact) mass is 489 g/mol. The van der Waals surface area contributed by atoms with Crippen molar-refractivity contribution in [1.29, 1.82) is 0 Å². The van der Waals surface area contributed by atoms with Crippen molar-refractivity contribution in [2.24, 2.45) is 5.41 Å². The van der Waals surface area contributed by atoms with Crippen molar-refractivity contribution in [2.45, 2.75) is 44.3 Å². The highest BCUT2D eigenvalue weighted by Crippen LogP contribution is 2.55. The number of ether oxygens (including phenoxy) is 1. The number of carbonyl (C=O) groups is 1. The lowest BCUT2D eigenvalue weighted by atomic mass is 9.91. The number of benzene rings is 2. The summed E-state index contributed by atoms with van der Waals surface area (Å²) in [4.78, 5) is 14.9. The van der Waals surface area contributed by atoms with E-state index < -0.39 is 22.1 Å². The predicted molar refractivity (Wildman–Crippen MR) is 129 cm³/mol. The summed E-state index contributed by atoms with van der Waals surface area (Å²) in [5, 5.41) is 2.93. The third-order valence-corrected chi connectivity index (χ3v) is 7.49. The van der Waals surface area contributed by atoms with Gasteiger partial charge >= 0.3 is 6.03 Å². The molecule has 7 nitrogen and oxygen atoms in total. The minimum atomic E-state index is -3.53. The van der Waals surface area contributed by atoms with Crippen LogP contribution < -0.4 is 10.0 Å². The summed E-state index contributed by atoms with van der Waals surface area (Å²) < 4.78 is 48.0. The standard InChI is InChI=1S/C25H32FN3O4S/c1-17(15-33-2)27-24(30)29-16-25(12-13-25)23(28-34(3,31)32)21(29)14-19-10-7-11-20(22(19)26)18-8-5-4-6-9-18/h4-11,17,21,23,28H,12-16H2,1-3H3,(H,27,30)/t17-,21-,23+/m0/s1. The molecule has 1 aliphatic carbocycles. The van der Waals surface area contributed by atoms with Gasteiger partial charge in [-0.1, -0.05) is 48.5 Å². The second-order valence-electron chi connectivity index (χ2n) is 9.58. The van der Waals surface area contributed by atoms with Gasteiger partial charge in [-0.2, -0.15) is 0 Å². The molecule has 1 aliphatic heterocycles. The van der Waals surface area contributed by atoms with Crippen molar-refractivity contribution in [3.8, 4) is 11.1 Å². The number of carbonyl (C=O) groups excluding carboxylic acids is 1. The maximum Gasteiger partial charge on any atom is 0.318 e. The molecule has 1 heterocycles. The Morgan fingerprint density at radius 3 is 2.53 bits per heavy atom. The maximum absolute atomic E-state index is 15.6. The molecule has 0 aromatic heterocycles. The lowest BCUT2D eigenvalue weighted by molar-refractivity contribution is 0.155. The highest BCUT2D eigenvalue weighted by Gasteiger charge is 2.61. The molecule has 2 N–H and O–H groups in total. The average Bonchev–Trinajstić information content (AvgIpc) is 3.50. The van der Waals surface area contributed by atoms with Crippen LogP contribution >= 0.6 is 0 Å². The van der Waals surface area contributed by atoms with Gasteiger partial charge in [-0.25, -0.2) is 22.3 Å². The van der Waals surface area contributed by atoms with Crippen LogP contribution in [0.3, 0.4) is 0 Å². The van der Waals surface area contributed by atoms with E-state index in [1.165, 1.54) is 0 Å². The van der Waals surface area contributed by atoms with Gasteiger partial charge in [0.15, 0.2) is 0 Å². The number of amides is 2. The van der Waals surface area contributed by atoms with Gasteiger partial charge in [0.25, 0.3) is 0 Å². The molecule has 2 aromatic rings. The molecule has 1 saturated carbocycles. The summed E-state index contributed by atoms with van der Waals surface area (Å²) in [7, 11) is -1.96. The number of methoxy groups -OCH3 is 1. The number of hydrogen-bond donors (Lipinski definition) is 2. The fraction of sp³-hybridized carbons (Fsp3) is 0.480. The van der Waals surface area contributed by atoms with E-state index in [2.05, 4.69) is 10.0 Å². The average molecular weight is 490 g/mol. The number of sulfonamides is 1. The topological polar surface area (TPSA) is 87.7 Å². The van der Waals surface area contributed by atoms with Crippen molar-refractivity contribution in [3.63, 3.8) is 0 Å². The number of nitrogens with one attached hydrogen (secondary N) is 2. The second-order valence-corrected chi connectivity index (χ2v) is 11.4. The molecule has 0 radical (unpaired) electrons. The lowest BCUT2D eigenvalue weighted by Crippen LogP contribution is -2.52. The van der Waals surface area contributed by atoms with Gasteiger partial charge in [0.2, 0.25) is 10.0 Å². The van der Waals surface area contributed by atoms with Crippen LogP contribution in [0.25, 0.3) is 11.1 Å². The molecule has 2 aromatic carbocycles. The first kappa shape index (κ1) is 24.6. The van der Waals surface area contributed by atoms with E-state index >= 15 is 4.39 Å². The van der Waals surface area contributed by atoms with Gasteiger partial charge in [0.1, 0.15) is 5.82 Å². The van der Waals surface area contributed by atoms with Gasteiger partial charge in [0.05, 0.1) is 24.9 Å². The largest absolute Gasteiger partial charge is 0.383 e. The molecule has 0 unspecified atom stereocenters. The van der Waals surface area contributed by atoms with Crippen LogP contribution in [0.1, 0.15) is 25.3 Å². The second kappa shape index (κ2) is 9.64. The maximum atomic E-state index is 15.6. The predicted octanol–water partition coefficient (Wildman–Crippen LogP) is 3.16. The van der Waals surface area contributed by atoms with Crippen molar-refractivity contribution < 1.29 is 22.3 Å². The molecular formula is C25H32FN3O4S. The fourth-order valence-electron chi connectivity index (χ4n) is 5.05. The molecule has 34 heavy (non-hydrogen) atoms. The lowest BCUT2D eigenvalue weighted by Gasteiger charge is -2.30. The third-order valence-electron chi connectivity index (χ3n) is 6.80. The van der Waals surface area contributed by atoms with E-state index in [0.717, 1.165) is 24.7 Å². The molecule has 2 fully saturated rings. The van der Waals surface area contributed by atoms with Crippen LogP contribution in [0.15, 0.2) is 48.5 Å². The number of urea groups is 1. The van der Waals surface area contributed by atoms with E-state index in [4.69, 9.17) is 4.74 Å². The zero-order valence-electron chi connectivity index (χ0n) is 19.8. The molecule has 2 amide bonds. The van der Waals surface area contributed by atoms with E-state index in [-0.39, 0.29) is 29.7 Å². The van der Waals surface area contributed by atoms with Gasteiger partial charge < -0.3 is 15.0 Å². The number of rotatable bonds is 8. The SMILES string of the molecule is COC[C@H](C)NC(=O)N1CC2(CC2)[C@H](NS(C)(=O)=O)[C@@H]1Cc1cccc(-c2ccccc2)c1F. The van der Waals surface area contributed by atoms with Gasteiger partial charge in [-0.05, 0) is 37.3 Å². The van der Waals surface area contributed by atoms with E-state index in [1.807, 2.05) is 37.3 Å². The minimum absolute atomic E-state index is 0.202. The molecule has 184 valence electrons. The Kier molecular flexibility index (Phi) is 6.98. The van der Waals surface area contributed by atoms with Crippen molar-refractivity contribution in [1.82, 2.24) is 14.9 Å². The summed E-state index contributed by atoms with van der Waals surface area (Å²) in [6.07, 6.45) is 2.97. The fourth-order valence-corrected chi connectivity index (χ4v) is 5.91. The molecule has 0 bridgehead atoms. The number of hydrogen-bond acceptors (Lipinski definition) is 4. The molecule has 9 heteroatoms. The number of nitrogens with zero attached hydrogens (tertiary/aromatic N) is 1. The van der Waals surface area contributed by atoms with E-state index in [9.17, 15) is 13.2 Å². The van der Waals surface area contributed by atoms with Gasteiger partial charge in [0, 0.05) is 30.7 Å². The molecular weight excluding hydrogens is 457 g/mol.